The molecule has 0 aliphatic heterocycles. The number of nitrogens with zero attached hydrogens (tertiary/aromatic N) is 2. The van der Waals surface area contributed by atoms with Crippen molar-refractivity contribution in [3.63, 3.8) is 0 Å². The summed E-state index contributed by atoms with van der Waals surface area (Å²) in [5.41, 5.74) is 2.11. The first-order valence-corrected chi connectivity index (χ1v) is 7.69. The Balaban J connectivity index is 1.47. The van der Waals surface area contributed by atoms with E-state index in [1.54, 1.807) is 19.4 Å². The number of imidazole rings is 1. The van der Waals surface area contributed by atoms with Gasteiger partial charge in [-0.25, -0.2) is 4.98 Å². The zero-order chi connectivity index (χ0) is 15.4. The normalized spacial score (nSPS) is 15.5. The molecule has 1 aliphatic carbocycles. The molecule has 1 aliphatic rings. The van der Waals surface area contributed by atoms with Crippen molar-refractivity contribution in [1.82, 2.24) is 14.9 Å². The van der Waals surface area contributed by atoms with Crippen LogP contribution >= 0.6 is 0 Å². The predicted molar refractivity (Wildman–Crippen MR) is 83.5 cm³/mol. The summed E-state index contributed by atoms with van der Waals surface area (Å²) in [5, 5.41) is 2.91. The molecular formula is C17H21N3O2. The maximum atomic E-state index is 12.0. The molecule has 5 heteroatoms. The molecule has 1 amide bonds. The van der Waals surface area contributed by atoms with E-state index in [0.29, 0.717) is 19.1 Å². The van der Waals surface area contributed by atoms with E-state index in [9.17, 15) is 4.79 Å². The SMILES string of the molecule is CC(OCC1CC1)C(=O)NCc1ccc(-n2ccnc2)cc1. The van der Waals surface area contributed by atoms with Crippen molar-refractivity contribution >= 4 is 5.91 Å². The van der Waals surface area contributed by atoms with Crippen molar-refractivity contribution in [2.24, 2.45) is 5.92 Å². The number of carbonyl (C=O) groups excluding carboxylic acids is 1. The van der Waals surface area contributed by atoms with Crippen molar-refractivity contribution in [2.75, 3.05) is 6.61 Å². The van der Waals surface area contributed by atoms with Gasteiger partial charge < -0.3 is 14.6 Å². The van der Waals surface area contributed by atoms with E-state index < -0.39 is 0 Å². The van der Waals surface area contributed by atoms with Crippen molar-refractivity contribution in [3.05, 3.63) is 48.5 Å². The van der Waals surface area contributed by atoms with Crippen LogP contribution in [0.4, 0.5) is 0 Å². The summed E-state index contributed by atoms with van der Waals surface area (Å²) >= 11 is 0. The third kappa shape index (κ3) is 3.95. The quantitative estimate of drug-likeness (QED) is 0.853. The molecule has 0 saturated heterocycles. The van der Waals surface area contributed by atoms with E-state index >= 15 is 0 Å². The number of hydrogen-bond acceptors (Lipinski definition) is 3. The van der Waals surface area contributed by atoms with Crippen molar-refractivity contribution in [2.45, 2.75) is 32.4 Å². The van der Waals surface area contributed by atoms with Crippen LogP contribution in [0.5, 0.6) is 0 Å². The van der Waals surface area contributed by atoms with Crippen LogP contribution in [-0.4, -0.2) is 28.2 Å². The molecule has 1 aromatic heterocycles. The van der Waals surface area contributed by atoms with E-state index in [1.165, 1.54) is 12.8 Å². The van der Waals surface area contributed by atoms with Crippen LogP contribution in [0.2, 0.25) is 0 Å². The smallest absolute Gasteiger partial charge is 0.249 e. The Labute approximate surface area is 130 Å². The highest BCUT2D eigenvalue weighted by atomic mass is 16.5. The summed E-state index contributed by atoms with van der Waals surface area (Å²) in [7, 11) is 0. The van der Waals surface area contributed by atoms with Crippen LogP contribution in [0, 0.1) is 5.92 Å². The summed E-state index contributed by atoms with van der Waals surface area (Å²) in [5.74, 6) is 0.616. The van der Waals surface area contributed by atoms with Crippen LogP contribution in [0.3, 0.4) is 0 Å². The number of hydrogen-bond donors (Lipinski definition) is 1. The summed E-state index contributed by atoms with van der Waals surface area (Å²) < 4.78 is 7.50. The second kappa shape index (κ2) is 6.75. The number of carbonyl (C=O) groups is 1. The number of nitrogens with one attached hydrogen (secondary N) is 1. The molecule has 116 valence electrons. The van der Waals surface area contributed by atoms with Gasteiger partial charge in [0.05, 0.1) is 12.9 Å². The lowest BCUT2D eigenvalue weighted by Gasteiger charge is -2.13. The molecule has 1 atom stereocenters. The molecule has 5 nitrogen and oxygen atoms in total. The van der Waals surface area contributed by atoms with Crippen molar-refractivity contribution in [3.8, 4) is 5.69 Å². The first kappa shape index (κ1) is 14.8. The maximum absolute atomic E-state index is 12.0. The highest BCUT2D eigenvalue weighted by Crippen LogP contribution is 2.29. The van der Waals surface area contributed by atoms with Gasteiger partial charge in [-0.3, -0.25) is 4.79 Å². The van der Waals surface area contributed by atoms with Crippen LogP contribution in [-0.2, 0) is 16.1 Å². The molecule has 1 aromatic carbocycles. The molecule has 1 heterocycles. The molecule has 22 heavy (non-hydrogen) atoms. The largest absolute Gasteiger partial charge is 0.368 e. The molecule has 1 unspecified atom stereocenters. The second-order valence-corrected chi connectivity index (χ2v) is 5.77. The average Bonchev–Trinajstić information content (AvgIpc) is 3.22. The predicted octanol–water partition coefficient (Wildman–Crippen LogP) is 2.30. The standard InChI is InChI=1S/C17H21N3O2/c1-13(22-11-15-2-3-15)17(21)19-10-14-4-6-16(7-5-14)20-9-8-18-12-20/h4-9,12-13,15H,2-3,10-11H2,1H3,(H,19,21). The van der Waals surface area contributed by atoms with Gasteiger partial charge in [0.2, 0.25) is 5.91 Å². The Morgan fingerprint density at radius 2 is 2.18 bits per heavy atom. The van der Waals surface area contributed by atoms with Gasteiger partial charge >= 0.3 is 0 Å². The van der Waals surface area contributed by atoms with Gasteiger partial charge in [-0.2, -0.15) is 0 Å². The second-order valence-electron chi connectivity index (χ2n) is 5.77. The molecule has 1 fully saturated rings. The van der Waals surface area contributed by atoms with Gasteiger partial charge in [0, 0.05) is 24.6 Å². The van der Waals surface area contributed by atoms with Crippen LogP contribution in [0.1, 0.15) is 25.3 Å². The fourth-order valence-corrected chi connectivity index (χ4v) is 2.17. The van der Waals surface area contributed by atoms with E-state index in [4.69, 9.17) is 4.74 Å². The third-order valence-electron chi connectivity index (χ3n) is 3.85. The number of rotatable bonds is 7. The number of ether oxygens (including phenoxy) is 1. The number of amides is 1. The third-order valence-corrected chi connectivity index (χ3v) is 3.85. The summed E-state index contributed by atoms with van der Waals surface area (Å²) in [6.45, 7) is 3.02. The highest BCUT2D eigenvalue weighted by molar-refractivity contribution is 5.80. The molecular weight excluding hydrogens is 278 g/mol. The van der Waals surface area contributed by atoms with Crippen LogP contribution in [0.15, 0.2) is 43.0 Å². The summed E-state index contributed by atoms with van der Waals surface area (Å²) in [6, 6.07) is 8.03. The van der Waals surface area contributed by atoms with Crippen molar-refractivity contribution < 1.29 is 9.53 Å². The van der Waals surface area contributed by atoms with Gasteiger partial charge in [-0.15, -0.1) is 0 Å². The molecule has 2 aromatic rings. The Morgan fingerprint density at radius 1 is 1.41 bits per heavy atom. The lowest BCUT2D eigenvalue weighted by Crippen LogP contribution is -2.34. The van der Waals surface area contributed by atoms with Crippen LogP contribution in [0.25, 0.3) is 5.69 Å². The minimum Gasteiger partial charge on any atom is -0.368 e. The molecule has 0 bridgehead atoms. The van der Waals surface area contributed by atoms with E-state index in [2.05, 4.69) is 10.3 Å². The topological polar surface area (TPSA) is 56.1 Å². The number of benzene rings is 1. The lowest BCUT2D eigenvalue weighted by atomic mass is 10.2. The first-order valence-electron chi connectivity index (χ1n) is 7.69. The molecule has 0 spiro atoms. The number of aromatic nitrogens is 2. The fourth-order valence-electron chi connectivity index (χ4n) is 2.17. The van der Waals surface area contributed by atoms with E-state index in [-0.39, 0.29) is 12.0 Å². The minimum atomic E-state index is -0.383. The maximum Gasteiger partial charge on any atom is 0.249 e. The first-order chi connectivity index (χ1) is 10.7. The zero-order valence-corrected chi connectivity index (χ0v) is 12.7. The van der Waals surface area contributed by atoms with Gasteiger partial charge in [0.15, 0.2) is 0 Å². The molecule has 1 saturated carbocycles. The van der Waals surface area contributed by atoms with Crippen LogP contribution < -0.4 is 5.32 Å². The van der Waals surface area contributed by atoms with E-state index in [1.807, 2.05) is 35.0 Å². The van der Waals surface area contributed by atoms with Gasteiger partial charge in [0.1, 0.15) is 6.10 Å². The average molecular weight is 299 g/mol. The van der Waals surface area contributed by atoms with Gasteiger partial charge in [-0.1, -0.05) is 12.1 Å². The van der Waals surface area contributed by atoms with Crippen molar-refractivity contribution in [1.29, 1.82) is 0 Å². The Hall–Kier alpha value is -2.14. The minimum absolute atomic E-state index is 0.0562. The Kier molecular flexibility index (Phi) is 4.53. The molecule has 0 radical (unpaired) electrons. The van der Waals surface area contributed by atoms with Gasteiger partial charge in [-0.05, 0) is 43.4 Å². The monoisotopic (exact) mass is 299 g/mol. The fraction of sp³-hybridized carbons (Fsp3) is 0.412. The molecule has 1 N–H and O–H groups in total. The van der Waals surface area contributed by atoms with Gasteiger partial charge in [0.25, 0.3) is 0 Å². The molecule has 3 rings (SSSR count). The summed E-state index contributed by atoms with van der Waals surface area (Å²) in [4.78, 5) is 16.0. The Bertz CT molecular complexity index is 603. The lowest BCUT2D eigenvalue weighted by molar-refractivity contribution is -0.132. The van der Waals surface area contributed by atoms with E-state index in [0.717, 1.165) is 11.3 Å². The Morgan fingerprint density at radius 3 is 2.82 bits per heavy atom. The zero-order valence-electron chi connectivity index (χ0n) is 12.7. The highest BCUT2D eigenvalue weighted by Gasteiger charge is 2.23. The summed E-state index contributed by atoms with van der Waals surface area (Å²) in [6.07, 6.45) is 7.49.